The van der Waals surface area contributed by atoms with Crippen molar-refractivity contribution in [1.82, 2.24) is 9.78 Å². The Morgan fingerprint density at radius 1 is 1.60 bits per heavy atom. The van der Waals surface area contributed by atoms with Crippen molar-refractivity contribution in [3.05, 3.63) is 24.7 Å². The van der Waals surface area contributed by atoms with Gasteiger partial charge in [-0.2, -0.15) is 5.10 Å². The maximum atomic E-state index is 5.73. The quantitative estimate of drug-likeness (QED) is 0.675. The molecule has 0 amide bonds. The molecule has 1 fully saturated rings. The fourth-order valence-electron chi connectivity index (χ4n) is 1.44. The number of rotatable bonds is 2. The molecule has 4 nitrogen and oxygen atoms in total. The van der Waals surface area contributed by atoms with Gasteiger partial charge in [-0.3, -0.25) is 4.68 Å². The molecule has 80 valence electrons. The topological polar surface area (TPSA) is 36.3 Å². The van der Waals surface area contributed by atoms with E-state index >= 15 is 0 Å². The van der Waals surface area contributed by atoms with E-state index in [0.29, 0.717) is 5.76 Å². The maximum absolute atomic E-state index is 5.73. The first-order valence-corrected chi connectivity index (χ1v) is 5.09. The Bertz CT molecular complexity index is 387. The average molecular weight is 206 g/mol. The molecule has 0 unspecified atom stereocenters. The summed E-state index contributed by atoms with van der Waals surface area (Å²) in [6.07, 6.45) is 3.70. The third kappa shape index (κ3) is 1.79. The Labute approximate surface area is 90.0 Å². The van der Waals surface area contributed by atoms with E-state index in [2.05, 4.69) is 11.7 Å². The van der Waals surface area contributed by atoms with Crippen LogP contribution in [-0.4, -0.2) is 22.5 Å². The molecule has 0 saturated carbocycles. The van der Waals surface area contributed by atoms with E-state index < -0.39 is 5.60 Å². The van der Waals surface area contributed by atoms with E-state index in [4.69, 9.17) is 9.31 Å². The number of aromatic nitrogens is 2. The summed E-state index contributed by atoms with van der Waals surface area (Å²) >= 11 is 0. The zero-order valence-electron chi connectivity index (χ0n) is 9.36. The molecular formula is C10H15BN2O2. The van der Waals surface area contributed by atoms with Crippen LogP contribution in [0.4, 0.5) is 0 Å². The number of nitrogens with zero attached hydrogens (tertiary/aromatic N) is 2. The van der Waals surface area contributed by atoms with Crippen molar-refractivity contribution in [3.63, 3.8) is 0 Å². The van der Waals surface area contributed by atoms with Crippen LogP contribution in [0.2, 0.25) is 0 Å². The summed E-state index contributed by atoms with van der Waals surface area (Å²) in [5.41, 5.74) is 0.516. The second-order valence-corrected chi connectivity index (χ2v) is 4.13. The van der Waals surface area contributed by atoms with Crippen LogP contribution in [0.1, 0.15) is 20.8 Å². The van der Waals surface area contributed by atoms with Gasteiger partial charge < -0.3 is 9.31 Å². The number of aryl methyl sites for hydroxylation is 1. The van der Waals surface area contributed by atoms with Gasteiger partial charge in [0.15, 0.2) is 0 Å². The normalized spacial score (nSPS) is 19.4. The van der Waals surface area contributed by atoms with Gasteiger partial charge >= 0.3 is 7.12 Å². The molecule has 5 heteroatoms. The van der Waals surface area contributed by atoms with Crippen LogP contribution in [0.15, 0.2) is 24.7 Å². The van der Waals surface area contributed by atoms with Crippen molar-refractivity contribution >= 4 is 12.6 Å². The van der Waals surface area contributed by atoms with E-state index in [-0.39, 0.29) is 7.12 Å². The lowest BCUT2D eigenvalue weighted by molar-refractivity contribution is 0.173. The minimum Gasteiger partial charge on any atom is -0.534 e. The third-order valence-electron chi connectivity index (χ3n) is 2.57. The lowest BCUT2D eigenvalue weighted by Crippen LogP contribution is -2.33. The van der Waals surface area contributed by atoms with Gasteiger partial charge in [-0.05, 0) is 20.8 Å². The molecule has 0 aromatic carbocycles. The first-order valence-electron chi connectivity index (χ1n) is 5.09. The zero-order chi connectivity index (χ0) is 11.1. The summed E-state index contributed by atoms with van der Waals surface area (Å²) in [5, 5.41) is 4.18. The van der Waals surface area contributed by atoms with Crippen LogP contribution in [0, 0.1) is 0 Å². The molecule has 2 heterocycles. The van der Waals surface area contributed by atoms with Gasteiger partial charge in [0.2, 0.25) is 0 Å². The van der Waals surface area contributed by atoms with Crippen molar-refractivity contribution in [2.45, 2.75) is 32.9 Å². The molecule has 15 heavy (non-hydrogen) atoms. The Balaban J connectivity index is 2.17. The minimum absolute atomic E-state index is 0.368. The van der Waals surface area contributed by atoms with E-state index in [1.54, 1.807) is 6.20 Å². The minimum atomic E-state index is -0.418. The molecule has 1 aromatic rings. The molecule has 0 spiro atoms. The summed E-state index contributed by atoms with van der Waals surface area (Å²) in [4.78, 5) is 0. The predicted molar refractivity (Wildman–Crippen MR) is 58.7 cm³/mol. The van der Waals surface area contributed by atoms with Crippen LogP contribution in [0.3, 0.4) is 0 Å². The Kier molecular flexibility index (Phi) is 2.34. The number of hydrogen-bond donors (Lipinski definition) is 0. The van der Waals surface area contributed by atoms with Gasteiger partial charge in [0.05, 0.1) is 12.0 Å². The molecule has 0 bridgehead atoms. The Morgan fingerprint density at radius 2 is 2.33 bits per heavy atom. The first-order chi connectivity index (χ1) is 7.03. The van der Waals surface area contributed by atoms with E-state index in [9.17, 15) is 0 Å². The molecule has 1 aromatic heterocycles. The van der Waals surface area contributed by atoms with Gasteiger partial charge in [0, 0.05) is 18.2 Å². The summed E-state index contributed by atoms with van der Waals surface area (Å²) in [7, 11) is -0.368. The smallest absolute Gasteiger partial charge is 0.534 e. The lowest BCUT2D eigenvalue weighted by Gasteiger charge is -2.15. The van der Waals surface area contributed by atoms with Gasteiger partial charge in [-0.1, -0.05) is 6.58 Å². The predicted octanol–water partition coefficient (Wildman–Crippen LogP) is 0.937. The van der Waals surface area contributed by atoms with Gasteiger partial charge in [0.25, 0.3) is 0 Å². The molecule has 0 aliphatic carbocycles. The zero-order valence-corrected chi connectivity index (χ0v) is 9.36. The van der Waals surface area contributed by atoms with E-state index in [1.807, 2.05) is 31.6 Å². The fraction of sp³-hybridized carbons (Fsp3) is 0.500. The van der Waals surface area contributed by atoms with Crippen molar-refractivity contribution < 1.29 is 9.31 Å². The van der Waals surface area contributed by atoms with Crippen LogP contribution in [0.5, 0.6) is 0 Å². The summed E-state index contributed by atoms with van der Waals surface area (Å²) in [5.74, 6) is 0.664. The van der Waals surface area contributed by atoms with Crippen LogP contribution < -0.4 is 5.46 Å². The van der Waals surface area contributed by atoms with Crippen LogP contribution in [-0.2, 0) is 15.9 Å². The highest BCUT2D eigenvalue weighted by Crippen LogP contribution is 2.28. The molecular weight excluding hydrogens is 191 g/mol. The third-order valence-corrected chi connectivity index (χ3v) is 2.57. The summed E-state index contributed by atoms with van der Waals surface area (Å²) < 4.78 is 13.1. The molecule has 1 aliphatic heterocycles. The standard InChI is InChI=1S/C10H15BN2O2/c1-5-13-7-9(6-12-13)11-14-8(2)10(3,4)15-11/h6-7H,2,5H2,1,3-4H3. The maximum Gasteiger partial charge on any atom is 0.566 e. The first kappa shape index (κ1) is 10.3. The van der Waals surface area contributed by atoms with Gasteiger partial charge in [-0.15, -0.1) is 0 Å². The molecule has 0 radical (unpaired) electrons. The SMILES string of the molecule is C=C1OB(c2cnn(CC)c2)OC1(C)C. The van der Waals surface area contributed by atoms with Crippen molar-refractivity contribution in [1.29, 1.82) is 0 Å². The molecule has 1 saturated heterocycles. The highest BCUT2D eigenvalue weighted by Gasteiger charge is 2.43. The summed E-state index contributed by atoms with van der Waals surface area (Å²) in [6, 6.07) is 0. The molecule has 2 rings (SSSR count). The molecule has 1 aliphatic rings. The van der Waals surface area contributed by atoms with Gasteiger partial charge in [0.1, 0.15) is 5.60 Å². The van der Waals surface area contributed by atoms with Gasteiger partial charge in [-0.25, -0.2) is 0 Å². The monoisotopic (exact) mass is 206 g/mol. The summed E-state index contributed by atoms with van der Waals surface area (Å²) in [6.45, 7) is 10.6. The van der Waals surface area contributed by atoms with Crippen LogP contribution in [0.25, 0.3) is 0 Å². The lowest BCUT2D eigenvalue weighted by atomic mass is 9.82. The van der Waals surface area contributed by atoms with Crippen molar-refractivity contribution in [2.24, 2.45) is 0 Å². The average Bonchev–Trinajstić information content (AvgIpc) is 2.72. The fourth-order valence-corrected chi connectivity index (χ4v) is 1.44. The second kappa shape index (κ2) is 3.41. The Morgan fingerprint density at radius 3 is 2.80 bits per heavy atom. The van der Waals surface area contributed by atoms with Crippen LogP contribution >= 0.6 is 0 Å². The van der Waals surface area contributed by atoms with E-state index in [0.717, 1.165) is 12.0 Å². The molecule has 0 N–H and O–H groups in total. The van der Waals surface area contributed by atoms with Crippen molar-refractivity contribution in [3.8, 4) is 0 Å². The second-order valence-electron chi connectivity index (χ2n) is 4.13. The largest absolute Gasteiger partial charge is 0.566 e. The van der Waals surface area contributed by atoms with Crippen molar-refractivity contribution in [2.75, 3.05) is 0 Å². The Hall–Kier alpha value is -1.23. The highest BCUT2D eigenvalue weighted by molar-refractivity contribution is 6.62. The number of hydrogen-bond acceptors (Lipinski definition) is 3. The van der Waals surface area contributed by atoms with E-state index in [1.165, 1.54) is 0 Å². The molecule has 0 atom stereocenters. The highest BCUT2D eigenvalue weighted by atomic mass is 16.7.